The van der Waals surface area contributed by atoms with Crippen molar-refractivity contribution >= 4 is 24.2 Å². The molecule has 1 N–H and O–H groups in total. The molecule has 1 atom stereocenters. The van der Waals surface area contributed by atoms with Crippen LogP contribution in [0.5, 0.6) is 11.5 Å². The van der Waals surface area contributed by atoms with E-state index in [9.17, 15) is 9.59 Å². The van der Waals surface area contributed by atoms with Crippen molar-refractivity contribution in [3.8, 4) is 11.5 Å². The van der Waals surface area contributed by atoms with E-state index >= 15 is 0 Å². The summed E-state index contributed by atoms with van der Waals surface area (Å²) < 4.78 is 14.8. The first-order chi connectivity index (χ1) is 13.0. The molecule has 1 amide bonds. The summed E-state index contributed by atoms with van der Waals surface area (Å²) in [6.07, 6.45) is 0.893. The summed E-state index contributed by atoms with van der Waals surface area (Å²) in [5.74, 6) is 0.148. The zero-order chi connectivity index (χ0) is 21.1. The Balaban J connectivity index is 2.09. The van der Waals surface area contributed by atoms with E-state index < -0.39 is 12.1 Å². The molecule has 0 aromatic heterocycles. The minimum Gasteiger partial charge on any atom is -0.483 e. The van der Waals surface area contributed by atoms with Gasteiger partial charge in [-0.05, 0) is 40.2 Å². The van der Waals surface area contributed by atoms with Crippen molar-refractivity contribution < 1.29 is 24.2 Å². The van der Waals surface area contributed by atoms with Gasteiger partial charge >= 0.3 is 12.1 Å². The van der Waals surface area contributed by atoms with Crippen molar-refractivity contribution in [1.82, 2.24) is 8.61 Å². The molecule has 1 aliphatic rings. The number of hydrogen-bond acceptors (Lipinski definition) is 6. The molecule has 8 heteroatoms. The molecule has 7 nitrogen and oxygen atoms in total. The van der Waals surface area contributed by atoms with E-state index in [0.29, 0.717) is 17.9 Å². The number of carbonyl (C=O) groups excluding carboxylic acids is 1. The third kappa shape index (κ3) is 5.54. The molecule has 0 fully saturated rings. The van der Waals surface area contributed by atoms with Crippen LogP contribution >= 0.6 is 12.1 Å². The fourth-order valence-electron chi connectivity index (χ4n) is 3.20. The number of fused-ring (bicyclic) bond motifs is 1. The molecule has 1 heterocycles. The minimum absolute atomic E-state index is 0.0136. The molecule has 156 valence electrons. The number of para-hydroxylation sites is 1. The average Bonchev–Trinajstić information content (AvgIpc) is 2.92. The van der Waals surface area contributed by atoms with Crippen LogP contribution in [0.4, 0.5) is 4.79 Å². The number of carbonyl (C=O) groups is 2. The van der Waals surface area contributed by atoms with Crippen molar-refractivity contribution in [2.24, 2.45) is 0 Å². The summed E-state index contributed by atoms with van der Waals surface area (Å²) >= 11 is 1.18. The van der Waals surface area contributed by atoms with Crippen LogP contribution in [0, 0.1) is 0 Å². The van der Waals surface area contributed by atoms with Gasteiger partial charge in [0, 0.05) is 43.2 Å². The highest BCUT2D eigenvalue weighted by Crippen LogP contribution is 2.42. The Bertz CT molecular complexity index is 723. The number of ether oxygens (including phenoxy) is 2. The molecule has 0 radical (unpaired) electrons. The van der Waals surface area contributed by atoms with Crippen molar-refractivity contribution in [3.63, 3.8) is 0 Å². The minimum atomic E-state index is -0.858. The first kappa shape index (κ1) is 22.4. The Labute approximate surface area is 171 Å². The van der Waals surface area contributed by atoms with Crippen LogP contribution in [-0.4, -0.2) is 50.5 Å². The normalized spacial score (nSPS) is 15.9. The summed E-state index contributed by atoms with van der Waals surface area (Å²) in [4.78, 5) is 23.8. The highest BCUT2D eigenvalue weighted by atomic mass is 32.2. The molecule has 1 aromatic carbocycles. The molecule has 1 unspecified atom stereocenters. The SMILES string of the molecule is CCC(CC(=O)O)N(SN(C)C(=O)Oc1cccc2c1OC(C)(C)C2)C(C)C. The summed E-state index contributed by atoms with van der Waals surface area (Å²) in [7, 11) is 1.61. The van der Waals surface area contributed by atoms with Crippen molar-refractivity contribution in [3.05, 3.63) is 23.8 Å². The summed E-state index contributed by atoms with van der Waals surface area (Å²) in [5, 5.41) is 9.16. The molecule has 1 aliphatic heterocycles. The van der Waals surface area contributed by atoms with Crippen LogP contribution in [0.3, 0.4) is 0 Å². The monoisotopic (exact) mass is 410 g/mol. The Morgan fingerprint density at radius 2 is 2.04 bits per heavy atom. The van der Waals surface area contributed by atoms with E-state index in [1.165, 1.54) is 16.4 Å². The van der Waals surface area contributed by atoms with Gasteiger partial charge in [-0.3, -0.25) is 4.79 Å². The van der Waals surface area contributed by atoms with Gasteiger partial charge in [-0.25, -0.2) is 13.4 Å². The predicted octanol–water partition coefficient (Wildman–Crippen LogP) is 4.36. The zero-order valence-electron chi connectivity index (χ0n) is 17.4. The molecule has 0 spiro atoms. The second kappa shape index (κ2) is 9.05. The van der Waals surface area contributed by atoms with E-state index in [1.54, 1.807) is 13.1 Å². The van der Waals surface area contributed by atoms with Gasteiger partial charge in [0.1, 0.15) is 5.60 Å². The number of carboxylic acid groups (broad SMARTS) is 1. The van der Waals surface area contributed by atoms with Gasteiger partial charge in [-0.1, -0.05) is 19.1 Å². The van der Waals surface area contributed by atoms with Crippen molar-refractivity contribution in [2.75, 3.05) is 7.05 Å². The molecule has 0 bridgehead atoms. The lowest BCUT2D eigenvalue weighted by atomic mass is 10.0. The molecular weight excluding hydrogens is 380 g/mol. The second-order valence-electron chi connectivity index (χ2n) is 7.84. The fourth-order valence-corrected chi connectivity index (χ4v) is 4.13. The Hall–Kier alpha value is -1.93. The maximum Gasteiger partial charge on any atom is 0.426 e. The van der Waals surface area contributed by atoms with Gasteiger partial charge in [0.25, 0.3) is 0 Å². The topological polar surface area (TPSA) is 79.3 Å². The third-order valence-corrected chi connectivity index (χ3v) is 5.78. The highest BCUT2D eigenvalue weighted by Gasteiger charge is 2.33. The maximum absolute atomic E-state index is 12.6. The lowest BCUT2D eigenvalue weighted by Gasteiger charge is -2.34. The van der Waals surface area contributed by atoms with Crippen LogP contribution < -0.4 is 9.47 Å². The number of carboxylic acids is 1. The molecule has 0 saturated carbocycles. The number of aliphatic carboxylic acids is 1. The van der Waals surface area contributed by atoms with Crippen LogP contribution in [0.15, 0.2) is 18.2 Å². The largest absolute Gasteiger partial charge is 0.483 e. The number of hydrogen-bond donors (Lipinski definition) is 1. The zero-order valence-corrected chi connectivity index (χ0v) is 18.2. The maximum atomic E-state index is 12.6. The molecule has 0 saturated heterocycles. The fraction of sp³-hybridized carbons (Fsp3) is 0.600. The summed E-state index contributed by atoms with van der Waals surface area (Å²) in [5.41, 5.74) is 0.687. The van der Waals surface area contributed by atoms with E-state index in [-0.39, 0.29) is 24.1 Å². The van der Waals surface area contributed by atoms with Gasteiger partial charge in [0.15, 0.2) is 11.5 Å². The molecular formula is C20H30N2O5S. The molecule has 2 rings (SSSR count). The standard InChI is InChI=1S/C20H30N2O5S/c1-7-15(11-17(23)24)22(13(2)3)28-21(6)19(25)26-16-10-8-9-14-12-20(4,5)27-18(14)16/h8-10,13,15H,7,11-12H2,1-6H3,(H,23,24). The van der Waals surface area contributed by atoms with Crippen molar-refractivity contribution in [1.29, 1.82) is 0 Å². The van der Waals surface area contributed by atoms with E-state index in [1.807, 2.05) is 51.1 Å². The van der Waals surface area contributed by atoms with Gasteiger partial charge in [-0.15, -0.1) is 0 Å². The summed E-state index contributed by atoms with van der Waals surface area (Å²) in [6.45, 7) is 9.87. The quantitative estimate of drug-likeness (QED) is 0.638. The second-order valence-corrected chi connectivity index (χ2v) is 8.98. The Morgan fingerprint density at radius 3 is 2.61 bits per heavy atom. The predicted molar refractivity (Wildman–Crippen MR) is 110 cm³/mol. The van der Waals surface area contributed by atoms with Crippen LogP contribution in [0.25, 0.3) is 0 Å². The lowest BCUT2D eigenvalue weighted by molar-refractivity contribution is -0.138. The first-order valence-electron chi connectivity index (χ1n) is 9.48. The van der Waals surface area contributed by atoms with E-state index in [2.05, 4.69) is 0 Å². The summed E-state index contributed by atoms with van der Waals surface area (Å²) in [6, 6.07) is 5.39. The first-order valence-corrected chi connectivity index (χ1v) is 10.2. The molecule has 28 heavy (non-hydrogen) atoms. The lowest BCUT2D eigenvalue weighted by Crippen LogP contribution is -2.40. The number of amides is 1. The van der Waals surface area contributed by atoms with Gasteiger partial charge in [0.05, 0.1) is 6.42 Å². The van der Waals surface area contributed by atoms with Crippen LogP contribution in [0.2, 0.25) is 0 Å². The number of nitrogens with zero attached hydrogens (tertiary/aromatic N) is 2. The highest BCUT2D eigenvalue weighted by molar-refractivity contribution is 7.95. The Morgan fingerprint density at radius 1 is 1.36 bits per heavy atom. The van der Waals surface area contributed by atoms with Crippen LogP contribution in [0.1, 0.15) is 53.0 Å². The van der Waals surface area contributed by atoms with Gasteiger partial charge < -0.3 is 14.6 Å². The van der Waals surface area contributed by atoms with Crippen molar-refractivity contribution in [2.45, 2.75) is 71.6 Å². The van der Waals surface area contributed by atoms with Gasteiger partial charge in [0.2, 0.25) is 0 Å². The van der Waals surface area contributed by atoms with E-state index in [4.69, 9.17) is 14.6 Å². The van der Waals surface area contributed by atoms with Gasteiger partial charge in [-0.2, -0.15) is 0 Å². The Kier molecular flexibility index (Phi) is 7.22. The van der Waals surface area contributed by atoms with Crippen LogP contribution in [-0.2, 0) is 11.2 Å². The smallest absolute Gasteiger partial charge is 0.426 e. The average molecular weight is 411 g/mol. The van der Waals surface area contributed by atoms with E-state index in [0.717, 1.165) is 12.0 Å². The molecule has 0 aliphatic carbocycles. The third-order valence-electron chi connectivity index (χ3n) is 4.48. The number of rotatable bonds is 8. The molecule has 1 aromatic rings. The number of benzene rings is 1.